The van der Waals surface area contributed by atoms with E-state index in [1.807, 2.05) is 42.5 Å². The highest BCUT2D eigenvalue weighted by Gasteiger charge is 2.39. The van der Waals surface area contributed by atoms with E-state index in [1.54, 1.807) is 42.5 Å². The van der Waals surface area contributed by atoms with Crippen molar-refractivity contribution < 1.29 is 14.3 Å². The molecule has 0 radical (unpaired) electrons. The molecule has 1 amide bonds. The molecule has 1 aliphatic rings. The van der Waals surface area contributed by atoms with Gasteiger partial charge in [0.15, 0.2) is 11.9 Å². The maximum absolute atomic E-state index is 13.1. The quantitative estimate of drug-likeness (QED) is 0.787. The minimum atomic E-state index is -0.792. The molecular formula is C22H17NO3. The summed E-state index contributed by atoms with van der Waals surface area (Å²) in [7, 11) is 0. The van der Waals surface area contributed by atoms with Crippen LogP contribution in [0.25, 0.3) is 0 Å². The molecule has 4 nitrogen and oxygen atoms in total. The van der Waals surface area contributed by atoms with Crippen LogP contribution in [0.5, 0.6) is 5.75 Å². The molecule has 2 atom stereocenters. The van der Waals surface area contributed by atoms with Crippen LogP contribution in [0.3, 0.4) is 0 Å². The minimum absolute atomic E-state index is 0.148. The number of Topliss-reactive ketones (excluding diaryl/α,β-unsaturated/α-hetero) is 1. The largest absolute Gasteiger partial charge is 0.482 e. The number of benzene rings is 3. The van der Waals surface area contributed by atoms with Crippen LogP contribution in [0, 0.1) is 0 Å². The number of hydrogen-bond donors (Lipinski definition) is 1. The molecule has 1 aliphatic heterocycles. The fourth-order valence-corrected chi connectivity index (χ4v) is 3.14. The van der Waals surface area contributed by atoms with Crippen LogP contribution in [-0.2, 0) is 0 Å². The standard InChI is InChI=1S/C22H17NO3/c24-20-17-13-7-8-14-18(17)26-21(15-9-3-1-4-10-15)19(20)23-22(25)16-11-5-2-6-12-16/h1-14,19,21H,(H,23,25)/t19-,21+/m0/s1. The first kappa shape index (κ1) is 16.1. The molecule has 1 N–H and O–H groups in total. The van der Waals surface area contributed by atoms with Crippen molar-refractivity contribution >= 4 is 11.7 Å². The van der Waals surface area contributed by atoms with Gasteiger partial charge < -0.3 is 10.1 Å². The second-order valence-electron chi connectivity index (χ2n) is 6.13. The number of carbonyl (C=O) groups excluding carboxylic acids is 2. The molecule has 0 unspecified atom stereocenters. The smallest absolute Gasteiger partial charge is 0.252 e. The van der Waals surface area contributed by atoms with Gasteiger partial charge in [-0.05, 0) is 29.8 Å². The Balaban J connectivity index is 1.71. The lowest BCUT2D eigenvalue weighted by Crippen LogP contribution is -2.49. The molecule has 1 heterocycles. The van der Waals surface area contributed by atoms with E-state index < -0.39 is 12.1 Å². The normalized spacial score (nSPS) is 18.5. The van der Waals surface area contributed by atoms with Gasteiger partial charge in [0.25, 0.3) is 5.91 Å². The first-order valence-electron chi connectivity index (χ1n) is 8.45. The van der Waals surface area contributed by atoms with E-state index in [9.17, 15) is 9.59 Å². The number of amides is 1. The highest BCUT2D eigenvalue weighted by Crippen LogP contribution is 2.35. The van der Waals surface area contributed by atoms with Crippen molar-refractivity contribution in [2.45, 2.75) is 12.1 Å². The summed E-state index contributed by atoms with van der Waals surface area (Å²) in [6.07, 6.45) is -0.578. The van der Waals surface area contributed by atoms with Gasteiger partial charge in [-0.1, -0.05) is 60.7 Å². The van der Waals surface area contributed by atoms with E-state index in [0.29, 0.717) is 16.9 Å². The number of hydrogen-bond acceptors (Lipinski definition) is 3. The molecule has 0 saturated heterocycles. The Labute approximate surface area is 151 Å². The molecule has 4 rings (SSSR count). The summed E-state index contributed by atoms with van der Waals surface area (Å²) < 4.78 is 6.10. The summed E-state index contributed by atoms with van der Waals surface area (Å²) in [5.41, 5.74) is 1.83. The number of para-hydroxylation sites is 1. The summed E-state index contributed by atoms with van der Waals surface area (Å²) in [6.45, 7) is 0. The van der Waals surface area contributed by atoms with E-state index in [0.717, 1.165) is 5.56 Å². The van der Waals surface area contributed by atoms with Gasteiger partial charge in [-0.15, -0.1) is 0 Å². The van der Waals surface area contributed by atoms with Gasteiger partial charge in [-0.2, -0.15) is 0 Å². The lowest BCUT2D eigenvalue weighted by Gasteiger charge is -2.33. The van der Waals surface area contributed by atoms with Crippen LogP contribution in [0.4, 0.5) is 0 Å². The van der Waals surface area contributed by atoms with Gasteiger partial charge in [0.05, 0.1) is 5.56 Å². The average Bonchev–Trinajstić information content (AvgIpc) is 2.71. The van der Waals surface area contributed by atoms with Crippen LogP contribution < -0.4 is 10.1 Å². The first-order chi connectivity index (χ1) is 12.7. The zero-order valence-corrected chi connectivity index (χ0v) is 14.0. The number of ketones is 1. The Bertz CT molecular complexity index is 938. The van der Waals surface area contributed by atoms with Crippen LogP contribution in [0.1, 0.15) is 32.4 Å². The van der Waals surface area contributed by atoms with Crippen molar-refractivity contribution in [3.05, 3.63) is 102 Å². The van der Waals surface area contributed by atoms with Crippen molar-refractivity contribution in [3.8, 4) is 5.75 Å². The van der Waals surface area contributed by atoms with E-state index in [2.05, 4.69) is 5.32 Å². The summed E-state index contributed by atoms with van der Waals surface area (Å²) in [6, 6.07) is 24.7. The molecule has 4 heteroatoms. The van der Waals surface area contributed by atoms with Crippen LogP contribution in [-0.4, -0.2) is 17.7 Å². The Kier molecular flexibility index (Phi) is 4.23. The zero-order valence-electron chi connectivity index (χ0n) is 14.0. The summed E-state index contributed by atoms with van der Waals surface area (Å²) in [4.78, 5) is 25.7. The second-order valence-corrected chi connectivity index (χ2v) is 6.13. The fourth-order valence-electron chi connectivity index (χ4n) is 3.14. The van der Waals surface area contributed by atoms with Crippen LogP contribution in [0.15, 0.2) is 84.9 Å². The number of rotatable bonds is 3. The van der Waals surface area contributed by atoms with Gasteiger partial charge >= 0.3 is 0 Å². The Hall–Kier alpha value is -3.40. The van der Waals surface area contributed by atoms with Crippen molar-refractivity contribution in [2.24, 2.45) is 0 Å². The Morgan fingerprint density at radius 2 is 1.42 bits per heavy atom. The van der Waals surface area contributed by atoms with Gasteiger partial charge in [0.1, 0.15) is 11.8 Å². The van der Waals surface area contributed by atoms with Crippen molar-refractivity contribution in [1.82, 2.24) is 5.32 Å². The predicted octanol–water partition coefficient (Wildman–Crippen LogP) is 3.80. The van der Waals surface area contributed by atoms with E-state index in [1.165, 1.54) is 0 Å². The SMILES string of the molecule is O=C(N[C@H]1C(=O)c2ccccc2O[C@@H]1c1ccccc1)c1ccccc1. The Morgan fingerprint density at radius 1 is 0.808 bits per heavy atom. The van der Waals surface area contributed by atoms with Gasteiger partial charge in [-0.3, -0.25) is 9.59 Å². The molecule has 26 heavy (non-hydrogen) atoms. The summed E-state index contributed by atoms with van der Waals surface area (Å²) in [5.74, 6) is 0.0920. The van der Waals surface area contributed by atoms with Gasteiger partial charge in [-0.25, -0.2) is 0 Å². The molecule has 128 valence electrons. The summed E-state index contributed by atoms with van der Waals surface area (Å²) in [5, 5.41) is 2.86. The summed E-state index contributed by atoms with van der Waals surface area (Å²) >= 11 is 0. The first-order valence-corrected chi connectivity index (χ1v) is 8.45. The average molecular weight is 343 g/mol. The maximum atomic E-state index is 13.1. The molecule has 0 bridgehead atoms. The second kappa shape index (κ2) is 6.84. The van der Waals surface area contributed by atoms with Gasteiger partial charge in [0.2, 0.25) is 0 Å². The van der Waals surface area contributed by atoms with Crippen LogP contribution >= 0.6 is 0 Å². The van der Waals surface area contributed by atoms with E-state index >= 15 is 0 Å². The molecule has 0 saturated carbocycles. The van der Waals surface area contributed by atoms with Crippen LogP contribution in [0.2, 0.25) is 0 Å². The topological polar surface area (TPSA) is 55.4 Å². The number of carbonyl (C=O) groups is 2. The minimum Gasteiger partial charge on any atom is -0.482 e. The maximum Gasteiger partial charge on any atom is 0.252 e. The fraction of sp³-hybridized carbons (Fsp3) is 0.0909. The zero-order chi connectivity index (χ0) is 17.9. The highest BCUT2D eigenvalue weighted by atomic mass is 16.5. The third-order valence-electron chi connectivity index (χ3n) is 4.44. The van der Waals surface area contributed by atoms with E-state index in [4.69, 9.17) is 4.74 Å². The van der Waals surface area contributed by atoms with E-state index in [-0.39, 0.29) is 11.7 Å². The lowest BCUT2D eigenvalue weighted by atomic mass is 9.91. The molecule has 0 aromatic heterocycles. The molecule has 0 aliphatic carbocycles. The number of fused-ring (bicyclic) bond motifs is 1. The number of ether oxygens (including phenoxy) is 1. The van der Waals surface area contributed by atoms with Crippen molar-refractivity contribution in [1.29, 1.82) is 0 Å². The third kappa shape index (κ3) is 2.97. The van der Waals surface area contributed by atoms with Crippen molar-refractivity contribution in [3.63, 3.8) is 0 Å². The molecule has 3 aromatic carbocycles. The monoisotopic (exact) mass is 343 g/mol. The van der Waals surface area contributed by atoms with Crippen molar-refractivity contribution in [2.75, 3.05) is 0 Å². The molecular weight excluding hydrogens is 326 g/mol. The molecule has 0 spiro atoms. The lowest BCUT2D eigenvalue weighted by molar-refractivity contribution is 0.0673. The number of nitrogens with one attached hydrogen (secondary N) is 1. The predicted molar refractivity (Wildman–Crippen MR) is 98.3 cm³/mol. The molecule has 0 fully saturated rings. The third-order valence-corrected chi connectivity index (χ3v) is 4.44. The van der Waals surface area contributed by atoms with Gasteiger partial charge in [0, 0.05) is 5.56 Å². The Morgan fingerprint density at radius 3 is 2.15 bits per heavy atom. The highest BCUT2D eigenvalue weighted by molar-refractivity contribution is 6.07. The molecule has 3 aromatic rings.